The minimum absolute atomic E-state index is 0.0179. The molecule has 1 aromatic carbocycles. The van der Waals surface area contributed by atoms with Crippen LogP contribution in [0.4, 0.5) is 4.79 Å². The standard InChI is InChI=1S/C31H42BN3O6/c1-18(2)14-25(32-40-24-17-22-16-23(30(22,4)5)31(24,6)41-32)34-28(37)27(19(3)36)35-29(38)39-26-15-21(12-13-33-26)20-10-8-7-9-11-20/h7-13,15,18-19,22-25,27,36H,14,16-17H2,1-6H3,(H,34,37)(H,35,38)/t19-,22+,23+,24-,25+,27+,31+/m1/s1. The number of amides is 2. The number of aliphatic hydroxyl groups is 1. The summed E-state index contributed by atoms with van der Waals surface area (Å²) in [7, 11) is -0.613. The molecule has 7 atom stereocenters. The zero-order valence-corrected chi connectivity index (χ0v) is 24.8. The maximum Gasteiger partial charge on any atom is 0.481 e. The summed E-state index contributed by atoms with van der Waals surface area (Å²) in [6.07, 6.45) is 2.16. The molecule has 41 heavy (non-hydrogen) atoms. The minimum Gasteiger partial charge on any atom is -0.404 e. The number of rotatable bonds is 9. The first-order valence-corrected chi connectivity index (χ1v) is 14.7. The summed E-state index contributed by atoms with van der Waals surface area (Å²) in [5.41, 5.74) is 1.58. The van der Waals surface area contributed by atoms with Gasteiger partial charge in [-0.15, -0.1) is 0 Å². The van der Waals surface area contributed by atoms with E-state index in [-0.39, 0.29) is 23.3 Å². The lowest BCUT2D eigenvalue weighted by molar-refractivity contribution is -0.199. The van der Waals surface area contributed by atoms with Crippen molar-refractivity contribution < 1.29 is 28.7 Å². The van der Waals surface area contributed by atoms with Crippen LogP contribution >= 0.6 is 0 Å². The number of aliphatic hydroxyl groups excluding tert-OH is 1. The average Bonchev–Trinajstić information content (AvgIpc) is 3.28. The summed E-state index contributed by atoms with van der Waals surface area (Å²) >= 11 is 0. The van der Waals surface area contributed by atoms with Crippen molar-refractivity contribution in [3.8, 4) is 17.0 Å². The predicted molar refractivity (Wildman–Crippen MR) is 156 cm³/mol. The van der Waals surface area contributed by atoms with Crippen LogP contribution in [0.2, 0.25) is 0 Å². The van der Waals surface area contributed by atoms with Crippen molar-refractivity contribution in [2.24, 2.45) is 23.2 Å². The number of pyridine rings is 1. The maximum absolute atomic E-state index is 13.5. The van der Waals surface area contributed by atoms with Crippen LogP contribution in [0, 0.1) is 23.2 Å². The van der Waals surface area contributed by atoms with Gasteiger partial charge in [0.2, 0.25) is 11.8 Å². The second-order valence-corrected chi connectivity index (χ2v) is 13.1. The molecule has 9 nitrogen and oxygen atoms in total. The number of nitrogens with zero attached hydrogens (tertiary/aromatic N) is 1. The molecule has 2 bridgehead atoms. The van der Waals surface area contributed by atoms with Crippen molar-refractivity contribution in [2.75, 3.05) is 0 Å². The van der Waals surface area contributed by atoms with Gasteiger partial charge in [-0.05, 0) is 73.5 Å². The molecule has 6 rings (SSSR count). The molecule has 3 saturated carbocycles. The Hall–Kier alpha value is -2.95. The second kappa shape index (κ2) is 11.4. The Morgan fingerprint density at radius 3 is 2.49 bits per heavy atom. The number of hydrogen-bond donors (Lipinski definition) is 3. The van der Waals surface area contributed by atoms with Crippen molar-refractivity contribution in [1.29, 1.82) is 0 Å². The smallest absolute Gasteiger partial charge is 0.404 e. The van der Waals surface area contributed by atoms with Gasteiger partial charge in [0.1, 0.15) is 6.04 Å². The van der Waals surface area contributed by atoms with E-state index >= 15 is 0 Å². The number of carbonyl (C=O) groups is 2. The summed E-state index contributed by atoms with van der Waals surface area (Å²) in [5, 5.41) is 16.0. The van der Waals surface area contributed by atoms with Crippen LogP contribution in [0.3, 0.4) is 0 Å². The van der Waals surface area contributed by atoms with Gasteiger partial charge >= 0.3 is 13.2 Å². The SMILES string of the molecule is CC(C)C[C@H](NC(=O)[C@@H](NC(=O)Oc1cc(-c2ccccc2)ccn1)[C@@H](C)O)B1O[C@@H]2C[C@@H]3C[C@@H](C3(C)C)[C@]2(C)O1. The van der Waals surface area contributed by atoms with Crippen molar-refractivity contribution in [2.45, 2.75) is 90.6 Å². The van der Waals surface area contributed by atoms with Crippen molar-refractivity contribution >= 4 is 19.1 Å². The van der Waals surface area contributed by atoms with Crippen molar-refractivity contribution in [3.05, 3.63) is 48.7 Å². The largest absolute Gasteiger partial charge is 0.481 e. The monoisotopic (exact) mass is 563 g/mol. The van der Waals surface area contributed by atoms with Gasteiger partial charge in [0.15, 0.2) is 0 Å². The molecule has 0 radical (unpaired) electrons. The molecule has 1 aliphatic heterocycles. The highest BCUT2D eigenvalue weighted by Crippen LogP contribution is 2.65. The first-order valence-electron chi connectivity index (χ1n) is 14.7. The Morgan fingerprint density at radius 2 is 1.83 bits per heavy atom. The lowest BCUT2D eigenvalue weighted by Crippen LogP contribution is -2.65. The van der Waals surface area contributed by atoms with E-state index in [0.29, 0.717) is 18.3 Å². The van der Waals surface area contributed by atoms with Gasteiger partial charge in [-0.3, -0.25) is 4.79 Å². The summed E-state index contributed by atoms with van der Waals surface area (Å²) in [6.45, 7) is 12.3. The van der Waals surface area contributed by atoms with E-state index in [1.54, 1.807) is 12.3 Å². The van der Waals surface area contributed by atoms with E-state index < -0.39 is 42.8 Å². The van der Waals surface area contributed by atoms with Crippen LogP contribution in [0.25, 0.3) is 11.1 Å². The molecule has 1 saturated heterocycles. The fraction of sp³-hybridized carbons (Fsp3) is 0.581. The quantitative estimate of drug-likeness (QED) is 0.388. The fourth-order valence-corrected chi connectivity index (χ4v) is 7.02. The molecule has 0 unspecified atom stereocenters. The molecule has 10 heteroatoms. The molecule has 3 N–H and O–H groups in total. The molecule has 220 valence electrons. The Balaban J connectivity index is 1.25. The lowest BCUT2D eigenvalue weighted by Gasteiger charge is -2.64. The van der Waals surface area contributed by atoms with E-state index in [4.69, 9.17) is 14.0 Å². The van der Waals surface area contributed by atoms with Crippen LogP contribution in [0.1, 0.15) is 60.8 Å². The number of nitrogens with one attached hydrogen (secondary N) is 2. The third-order valence-electron chi connectivity index (χ3n) is 9.43. The molecule has 4 aliphatic rings. The van der Waals surface area contributed by atoms with Gasteiger partial charge in [-0.2, -0.15) is 0 Å². The zero-order chi connectivity index (χ0) is 29.5. The zero-order valence-electron chi connectivity index (χ0n) is 24.8. The van der Waals surface area contributed by atoms with Gasteiger partial charge < -0.3 is 29.8 Å². The van der Waals surface area contributed by atoms with Gasteiger partial charge in [-0.1, -0.05) is 58.0 Å². The van der Waals surface area contributed by atoms with E-state index in [1.165, 1.54) is 6.92 Å². The molecule has 4 fully saturated rings. The Labute approximate surface area is 242 Å². The third kappa shape index (κ3) is 5.87. The van der Waals surface area contributed by atoms with E-state index in [0.717, 1.165) is 24.0 Å². The second-order valence-electron chi connectivity index (χ2n) is 13.1. The molecular formula is C31H42BN3O6. The number of ether oxygens (including phenoxy) is 1. The maximum atomic E-state index is 13.5. The van der Waals surface area contributed by atoms with Gasteiger partial charge in [-0.25, -0.2) is 9.78 Å². The lowest BCUT2D eigenvalue weighted by atomic mass is 9.43. The fourth-order valence-electron chi connectivity index (χ4n) is 7.02. The number of carbonyl (C=O) groups excluding carboxylic acids is 2. The Bertz CT molecular complexity index is 1260. The Kier molecular flexibility index (Phi) is 8.20. The summed E-state index contributed by atoms with van der Waals surface area (Å²) in [6, 6.07) is 11.8. The number of aromatic nitrogens is 1. The summed E-state index contributed by atoms with van der Waals surface area (Å²) in [4.78, 5) is 30.4. The van der Waals surface area contributed by atoms with Crippen LogP contribution < -0.4 is 15.4 Å². The first-order chi connectivity index (χ1) is 19.4. The third-order valence-corrected chi connectivity index (χ3v) is 9.43. The van der Waals surface area contributed by atoms with Gasteiger partial charge in [0.25, 0.3) is 0 Å². The van der Waals surface area contributed by atoms with Gasteiger partial charge in [0, 0.05) is 12.3 Å². The Morgan fingerprint density at radius 1 is 1.10 bits per heavy atom. The first kappa shape index (κ1) is 29.5. The highest BCUT2D eigenvalue weighted by molar-refractivity contribution is 6.48. The van der Waals surface area contributed by atoms with E-state index in [1.807, 2.05) is 36.4 Å². The molecule has 1 aromatic heterocycles. The van der Waals surface area contributed by atoms with E-state index in [9.17, 15) is 14.7 Å². The number of hydrogen-bond acceptors (Lipinski definition) is 7. The van der Waals surface area contributed by atoms with Crippen LogP contribution in [-0.4, -0.2) is 59.0 Å². The van der Waals surface area contributed by atoms with Crippen LogP contribution in [-0.2, 0) is 14.1 Å². The van der Waals surface area contributed by atoms with Crippen molar-refractivity contribution in [3.63, 3.8) is 0 Å². The topological polar surface area (TPSA) is 119 Å². The average molecular weight is 564 g/mol. The predicted octanol–water partition coefficient (Wildman–Crippen LogP) is 4.38. The van der Waals surface area contributed by atoms with Crippen LogP contribution in [0.15, 0.2) is 48.7 Å². The highest BCUT2D eigenvalue weighted by Gasteiger charge is 2.68. The summed E-state index contributed by atoms with van der Waals surface area (Å²) in [5.74, 6) is 0.354. The molecule has 3 aliphatic carbocycles. The normalized spacial score (nSPS) is 28.2. The van der Waals surface area contributed by atoms with Crippen molar-refractivity contribution in [1.82, 2.24) is 15.6 Å². The van der Waals surface area contributed by atoms with E-state index in [2.05, 4.69) is 50.2 Å². The van der Waals surface area contributed by atoms with Crippen LogP contribution in [0.5, 0.6) is 5.88 Å². The highest BCUT2D eigenvalue weighted by atomic mass is 16.7. The number of benzene rings is 1. The summed E-state index contributed by atoms with van der Waals surface area (Å²) < 4.78 is 18.5. The molecular weight excluding hydrogens is 521 g/mol. The molecule has 2 heterocycles. The minimum atomic E-state index is -1.25. The molecule has 2 aromatic rings. The molecule has 0 spiro atoms. The van der Waals surface area contributed by atoms with Gasteiger partial charge in [0.05, 0.1) is 23.8 Å². The molecule has 2 amide bonds.